The summed E-state index contributed by atoms with van der Waals surface area (Å²) in [7, 11) is 4.05. The van der Waals surface area contributed by atoms with Gasteiger partial charge in [-0.3, -0.25) is 0 Å². The zero-order valence-corrected chi connectivity index (χ0v) is 23.8. The normalized spacial score (nSPS) is 12.8. The lowest BCUT2D eigenvalue weighted by Gasteiger charge is -2.17. The summed E-state index contributed by atoms with van der Waals surface area (Å²) in [5.74, 6) is 0.696. The molecule has 0 radical (unpaired) electrons. The number of benzene rings is 2. The van der Waals surface area contributed by atoms with E-state index in [2.05, 4.69) is 101 Å². The Morgan fingerprint density at radius 1 is 0.972 bits per heavy atom. The smallest absolute Gasteiger partial charge is 0.0367 e. The Labute approximate surface area is 222 Å². The highest BCUT2D eigenvalue weighted by atomic mass is 15.1. The van der Waals surface area contributed by atoms with Crippen molar-refractivity contribution in [1.82, 2.24) is 0 Å². The molecule has 0 aliphatic heterocycles. The van der Waals surface area contributed by atoms with E-state index in [9.17, 15) is 0 Å². The number of hydrogen-bond donors (Lipinski definition) is 0. The third-order valence-corrected chi connectivity index (χ3v) is 6.56. The largest absolute Gasteiger partial charge is 0.378 e. The van der Waals surface area contributed by atoms with Gasteiger partial charge >= 0.3 is 0 Å². The molecule has 192 valence electrons. The Morgan fingerprint density at radius 3 is 2.14 bits per heavy atom. The summed E-state index contributed by atoms with van der Waals surface area (Å²) in [4.78, 5) is 2.07. The summed E-state index contributed by atoms with van der Waals surface area (Å²) in [6.45, 7) is 23.3. The molecule has 2 aromatic rings. The first-order chi connectivity index (χ1) is 17.2. The van der Waals surface area contributed by atoms with Crippen LogP contribution in [0.15, 0.2) is 115 Å². The van der Waals surface area contributed by atoms with Gasteiger partial charge in [0.25, 0.3) is 0 Å². The first-order valence-electron chi connectivity index (χ1n) is 13.1. The molecular weight excluding hydrogens is 434 g/mol. The van der Waals surface area contributed by atoms with Crippen molar-refractivity contribution in [2.45, 2.75) is 53.9 Å². The van der Waals surface area contributed by atoms with E-state index in [1.165, 1.54) is 24.8 Å². The average molecular weight is 482 g/mol. The molecule has 36 heavy (non-hydrogen) atoms. The van der Waals surface area contributed by atoms with E-state index >= 15 is 0 Å². The van der Waals surface area contributed by atoms with Gasteiger partial charge in [0.05, 0.1) is 0 Å². The van der Waals surface area contributed by atoms with Crippen molar-refractivity contribution in [2.24, 2.45) is 5.92 Å². The molecule has 0 aromatic heterocycles. The zero-order chi connectivity index (χ0) is 27.1. The Hall–Kier alpha value is -3.32. The highest BCUT2D eigenvalue weighted by molar-refractivity contribution is 5.83. The topological polar surface area (TPSA) is 3.24 Å². The summed E-state index contributed by atoms with van der Waals surface area (Å²) in [6.07, 6.45) is 11.4. The van der Waals surface area contributed by atoms with E-state index in [0.29, 0.717) is 5.92 Å². The van der Waals surface area contributed by atoms with Crippen LogP contribution >= 0.6 is 0 Å². The molecule has 0 aliphatic rings. The van der Waals surface area contributed by atoms with E-state index in [4.69, 9.17) is 0 Å². The number of anilines is 1. The average Bonchev–Trinajstić information content (AvgIpc) is 2.91. The Balaban J connectivity index is 0.000000369. The van der Waals surface area contributed by atoms with Crippen LogP contribution in [-0.4, -0.2) is 14.1 Å². The lowest BCUT2D eigenvalue weighted by molar-refractivity contribution is 0.654. The van der Waals surface area contributed by atoms with E-state index in [0.717, 1.165) is 28.0 Å². The van der Waals surface area contributed by atoms with Gasteiger partial charge in [-0.15, -0.1) is 0 Å². The van der Waals surface area contributed by atoms with Gasteiger partial charge in [-0.05, 0) is 78.2 Å². The first-order valence-corrected chi connectivity index (χ1v) is 13.1. The quantitative estimate of drug-likeness (QED) is 0.288. The van der Waals surface area contributed by atoms with E-state index < -0.39 is 0 Å². The van der Waals surface area contributed by atoms with E-state index in [1.807, 2.05) is 51.4 Å². The van der Waals surface area contributed by atoms with Crippen LogP contribution in [0.2, 0.25) is 0 Å². The predicted molar refractivity (Wildman–Crippen MR) is 165 cm³/mol. The van der Waals surface area contributed by atoms with Crippen molar-refractivity contribution < 1.29 is 0 Å². The number of allylic oxidation sites excluding steroid dienone is 9. The predicted octanol–water partition coefficient (Wildman–Crippen LogP) is 10.3. The highest BCUT2D eigenvalue weighted by Gasteiger charge is 2.10. The molecule has 0 saturated heterocycles. The first kappa shape index (κ1) is 30.7. The Bertz CT molecular complexity index is 1080. The molecule has 0 aliphatic carbocycles. The monoisotopic (exact) mass is 481 g/mol. The number of rotatable bonds is 11. The maximum atomic E-state index is 4.17. The summed E-state index contributed by atoms with van der Waals surface area (Å²) in [5, 5.41) is 0. The van der Waals surface area contributed by atoms with Crippen molar-refractivity contribution in [3.63, 3.8) is 0 Å². The molecule has 0 saturated carbocycles. The molecule has 1 nitrogen and oxygen atoms in total. The Kier molecular flexibility index (Phi) is 14.0. The minimum atomic E-state index is 0.696. The number of hydrogen-bond acceptors (Lipinski definition) is 1. The van der Waals surface area contributed by atoms with Crippen LogP contribution in [0.5, 0.6) is 0 Å². The molecule has 1 atom stereocenters. The van der Waals surface area contributed by atoms with Gasteiger partial charge in [0.1, 0.15) is 0 Å². The zero-order valence-electron chi connectivity index (χ0n) is 23.8. The van der Waals surface area contributed by atoms with Crippen molar-refractivity contribution >= 4 is 16.8 Å². The third-order valence-electron chi connectivity index (χ3n) is 6.56. The van der Waals surface area contributed by atoms with Crippen LogP contribution in [0, 0.1) is 5.92 Å². The molecule has 0 fully saturated rings. The van der Waals surface area contributed by atoms with E-state index in [-0.39, 0.29) is 0 Å². The van der Waals surface area contributed by atoms with Gasteiger partial charge in [0.15, 0.2) is 0 Å². The lowest BCUT2D eigenvalue weighted by atomic mass is 9.89. The van der Waals surface area contributed by atoms with E-state index in [1.54, 1.807) is 11.1 Å². The summed E-state index contributed by atoms with van der Waals surface area (Å²) in [6, 6.07) is 19.1. The Morgan fingerprint density at radius 2 is 1.61 bits per heavy atom. The SMILES string of the molecule is C=C/C(=C\C=C/C)C(=C)C(=C)c1cccc(N(C)C)c1.CCC/C(=C(/C)C(C)CC)c1ccccc1. The fourth-order valence-corrected chi connectivity index (χ4v) is 3.87. The molecule has 0 N–H and O–H groups in total. The third kappa shape index (κ3) is 9.38. The highest BCUT2D eigenvalue weighted by Crippen LogP contribution is 2.29. The van der Waals surface area contributed by atoms with Crippen LogP contribution in [0.1, 0.15) is 65.0 Å². The van der Waals surface area contributed by atoms with Crippen molar-refractivity contribution in [1.29, 1.82) is 0 Å². The van der Waals surface area contributed by atoms with Gasteiger partial charge in [0, 0.05) is 19.8 Å². The molecule has 0 spiro atoms. The minimum absolute atomic E-state index is 0.696. The van der Waals surface area contributed by atoms with Crippen LogP contribution in [-0.2, 0) is 0 Å². The van der Waals surface area contributed by atoms with Crippen LogP contribution in [0.3, 0.4) is 0 Å². The molecular formula is C35H47N. The molecule has 2 aromatic carbocycles. The molecule has 1 unspecified atom stereocenters. The molecule has 2 rings (SSSR count). The van der Waals surface area contributed by atoms with Gasteiger partial charge in [-0.2, -0.15) is 0 Å². The molecule has 0 amide bonds. The second kappa shape index (κ2) is 16.4. The second-order valence-electron chi connectivity index (χ2n) is 9.34. The van der Waals surface area contributed by atoms with Crippen LogP contribution in [0.25, 0.3) is 11.1 Å². The van der Waals surface area contributed by atoms with Crippen molar-refractivity contribution in [3.8, 4) is 0 Å². The molecule has 0 heterocycles. The van der Waals surface area contributed by atoms with Gasteiger partial charge in [0.2, 0.25) is 0 Å². The lowest BCUT2D eigenvalue weighted by Crippen LogP contribution is -2.08. The fourth-order valence-electron chi connectivity index (χ4n) is 3.87. The summed E-state index contributed by atoms with van der Waals surface area (Å²) in [5.41, 5.74) is 9.56. The van der Waals surface area contributed by atoms with Crippen molar-refractivity contribution in [2.75, 3.05) is 19.0 Å². The van der Waals surface area contributed by atoms with Gasteiger partial charge in [-0.25, -0.2) is 0 Å². The van der Waals surface area contributed by atoms with Gasteiger partial charge in [-0.1, -0.05) is 119 Å². The molecule has 1 heteroatoms. The second-order valence-corrected chi connectivity index (χ2v) is 9.34. The maximum Gasteiger partial charge on any atom is 0.0367 e. The summed E-state index contributed by atoms with van der Waals surface area (Å²) < 4.78 is 0. The maximum absolute atomic E-state index is 4.17. The fraction of sp³-hybridized carbons (Fsp3) is 0.314. The van der Waals surface area contributed by atoms with Crippen LogP contribution in [0.4, 0.5) is 5.69 Å². The standard InChI is InChI=1S/C19H23N.C16H24/c1-7-9-11-17(8-2)15(3)16(4)18-12-10-13-19(14-18)20(5)6;1-5-10-16(14(4)13(3)6-2)15-11-8-7-9-12-15/h7-14H,2-4H2,1,5-6H3;7-9,11-13H,5-6,10H2,1-4H3/b9-7-,17-11+;16-14+. The van der Waals surface area contributed by atoms with Crippen LogP contribution < -0.4 is 4.90 Å². The summed E-state index contributed by atoms with van der Waals surface area (Å²) >= 11 is 0. The van der Waals surface area contributed by atoms with Gasteiger partial charge < -0.3 is 4.90 Å². The molecule has 0 bridgehead atoms. The minimum Gasteiger partial charge on any atom is -0.378 e. The number of nitrogens with zero attached hydrogens (tertiary/aromatic N) is 1. The van der Waals surface area contributed by atoms with Crippen molar-refractivity contribution in [3.05, 3.63) is 126 Å².